The molecule has 2 aromatic rings. The smallest absolute Gasteiger partial charge is 0.122 e. The van der Waals surface area contributed by atoms with E-state index in [4.69, 9.17) is 4.74 Å². The molecule has 0 spiro atoms. The van der Waals surface area contributed by atoms with Crippen LogP contribution in [0.15, 0.2) is 42.5 Å². The SMILES string of the molecule is Cc1ccccc1OCCNc1c(C)cccc1C. The van der Waals surface area contributed by atoms with E-state index < -0.39 is 0 Å². The first-order valence-electron chi connectivity index (χ1n) is 6.67. The lowest BCUT2D eigenvalue weighted by Crippen LogP contribution is -2.13. The second-order valence-electron chi connectivity index (χ2n) is 4.81. The minimum atomic E-state index is 0.665. The number of hydrogen-bond acceptors (Lipinski definition) is 2. The van der Waals surface area contributed by atoms with Crippen LogP contribution in [0.1, 0.15) is 16.7 Å². The lowest BCUT2D eigenvalue weighted by molar-refractivity contribution is 0.330. The van der Waals surface area contributed by atoms with E-state index in [2.05, 4.69) is 50.4 Å². The van der Waals surface area contributed by atoms with E-state index >= 15 is 0 Å². The van der Waals surface area contributed by atoms with E-state index in [0.717, 1.165) is 12.3 Å². The second-order valence-corrected chi connectivity index (χ2v) is 4.81. The first kappa shape index (κ1) is 13.5. The van der Waals surface area contributed by atoms with E-state index in [1.807, 2.05) is 18.2 Å². The van der Waals surface area contributed by atoms with Crippen LogP contribution in [0.2, 0.25) is 0 Å². The van der Waals surface area contributed by atoms with Gasteiger partial charge in [-0.3, -0.25) is 0 Å². The van der Waals surface area contributed by atoms with Crippen LogP contribution in [0.5, 0.6) is 5.75 Å². The lowest BCUT2D eigenvalue weighted by atomic mass is 10.1. The summed E-state index contributed by atoms with van der Waals surface area (Å²) in [5.74, 6) is 0.964. The van der Waals surface area contributed by atoms with Crippen LogP contribution >= 0.6 is 0 Å². The molecule has 0 aliphatic heterocycles. The number of para-hydroxylation sites is 2. The van der Waals surface area contributed by atoms with Crippen molar-refractivity contribution in [2.45, 2.75) is 20.8 Å². The molecule has 0 aliphatic rings. The lowest BCUT2D eigenvalue weighted by Gasteiger charge is -2.13. The molecule has 2 nitrogen and oxygen atoms in total. The highest BCUT2D eigenvalue weighted by atomic mass is 16.5. The van der Waals surface area contributed by atoms with Crippen molar-refractivity contribution in [3.05, 3.63) is 59.2 Å². The quantitative estimate of drug-likeness (QED) is 0.812. The first-order chi connectivity index (χ1) is 9.18. The normalized spacial score (nSPS) is 10.3. The second kappa shape index (κ2) is 6.28. The van der Waals surface area contributed by atoms with Crippen molar-refractivity contribution in [1.82, 2.24) is 0 Å². The molecule has 0 atom stereocenters. The Balaban J connectivity index is 1.86. The van der Waals surface area contributed by atoms with Gasteiger partial charge in [-0.25, -0.2) is 0 Å². The third-order valence-electron chi connectivity index (χ3n) is 3.24. The largest absolute Gasteiger partial charge is 0.491 e. The van der Waals surface area contributed by atoms with Crippen molar-refractivity contribution in [1.29, 1.82) is 0 Å². The Morgan fingerprint density at radius 2 is 1.47 bits per heavy atom. The molecule has 100 valence electrons. The standard InChI is InChI=1S/C17H21NO/c1-13-7-4-5-10-16(13)19-12-11-18-17-14(2)8-6-9-15(17)3/h4-10,18H,11-12H2,1-3H3. The van der Waals surface area contributed by atoms with Gasteiger partial charge in [0.15, 0.2) is 0 Å². The summed E-state index contributed by atoms with van der Waals surface area (Å²) in [5, 5.41) is 3.45. The minimum absolute atomic E-state index is 0.665. The molecule has 0 unspecified atom stereocenters. The summed E-state index contributed by atoms with van der Waals surface area (Å²) in [4.78, 5) is 0. The Bertz CT molecular complexity index is 528. The maximum Gasteiger partial charge on any atom is 0.122 e. The molecule has 0 aliphatic carbocycles. The van der Waals surface area contributed by atoms with Gasteiger partial charge in [-0.05, 0) is 43.5 Å². The molecule has 2 rings (SSSR count). The predicted molar refractivity (Wildman–Crippen MR) is 81.1 cm³/mol. The zero-order valence-corrected chi connectivity index (χ0v) is 11.9. The highest BCUT2D eigenvalue weighted by Crippen LogP contribution is 2.19. The van der Waals surface area contributed by atoms with Crippen molar-refractivity contribution < 1.29 is 4.74 Å². The van der Waals surface area contributed by atoms with Gasteiger partial charge >= 0.3 is 0 Å². The highest BCUT2D eigenvalue weighted by molar-refractivity contribution is 5.56. The monoisotopic (exact) mass is 255 g/mol. The van der Waals surface area contributed by atoms with E-state index in [-0.39, 0.29) is 0 Å². The molecule has 2 aromatic carbocycles. The van der Waals surface area contributed by atoms with Gasteiger partial charge in [0, 0.05) is 12.2 Å². The molecule has 0 fully saturated rings. The van der Waals surface area contributed by atoms with Gasteiger partial charge in [-0.1, -0.05) is 36.4 Å². The number of anilines is 1. The van der Waals surface area contributed by atoms with Crippen molar-refractivity contribution >= 4 is 5.69 Å². The number of ether oxygens (including phenoxy) is 1. The Labute approximate surface area is 115 Å². The summed E-state index contributed by atoms with van der Waals surface area (Å²) in [6, 6.07) is 14.4. The fraction of sp³-hybridized carbons (Fsp3) is 0.294. The predicted octanol–water partition coefficient (Wildman–Crippen LogP) is 4.10. The number of hydrogen-bond donors (Lipinski definition) is 1. The molecule has 0 amide bonds. The van der Waals surface area contributed by atoms with Gasteiger partial charge in [0.25, 0.3) is 0 Å². The molecule has 0 radical (unpaired) electrons. The van der Waals surface area contributed by atoms with E-state index in [9.17, 15) is 0 Å². The molecule has 2 heteroatoms. The fourth-order valence-electron chi connectivity index (χ4n) is 2.15. The first-order valence-corrected chi connectivity index (χ1v) is 6.67. The fourth-order valence-corrected chi connectivity index (χ4v) is 2.15. The molecule has 0 saturated heterocycles. The van der Waals surface area contributed by atoms with E-state index in [1.54, 1.807) is 0 Å². The zero-order valence-electron chi connectivity index (χ0n) is 11.9. The Hall–Kier alpha value is -1.96. The molecule has 19 heavy (non-hydrogen) atoms. The maximum absolute atomic E-state index is 5.78. The topological polar surface area (TPSA) is 21.3 Å². The van der Waals surface area contributed by atoms with Crippen molar-refractivity contribution in [2.75, 3.05) is 18.5 Å². The number of rotatable bonds is 5. The molecular weight excluding hydrogens is 234 g/mol. The van der Waals surface area contributed by atoms with E-state index in [0.29, 0.717) is 6.61 Å². The molecule has 0 aromatic heterocycles. The third kappa shape index (κ3) is 3.50. The number of nitrogens with one attached hydrogen (secondary N) is 1. The van der Waals surface area contributed by atoms with Crippen molar-refractivity contribution in [3.63, 3.8) is 0 Å². The molecule has 0 bridgehead atoms. The average molecular weight is 255 g/mol. The van der Waals surface area contributed by atoms with Gasteiger partial charge in [0.2, 0.25) is 0 Å². The van der Waals surface area contributed by atoms with Crippen LogP contribution in [0, 0.1) is 20.8 Å². The average Bonchev–Trinajstić information content (AvgIpc) is 2.39. The number of aryl methyl sites for hydroxylation is 3. The molecule has 0 heterocycles. The Morgan fingerprint density at radius 3 is 2.16 bits per heavy atom. The van der Waals surface area contributed by atoms with Gasteiger partial charge in [0.1, 0.15) is 12.4 Å². The minimum Gasteiger partial charge on any atom is -0.491 e. The summed E-state index contributed by atoms with van der Waals surface area (Å²) in [6.07, 6.45) is 0. The summed E-state index contributed by atoms with van der Waals surface area (Å²) in [7, 11) is 0. The summed E-state index contributed by atoms with van der Waals surface area (Å²) >= 11 is 0. The summed E-state index contributed by atoms with van der Waals surface area (Å²) in [6.45, 7) is 7.78. The maximum atomic E-state index is 5.78. The van der Waals surface area contributed by atoms with Crippen LogP contribution < -0.4 is 10.1 Å². The molecule has 0 saturated carbocycles. The zero-order chi connectivity index (χ0) is 13.7. The summed E-state index contributed by atoms with van der Waals surface area (Å²) in [5.41, 5.74) is 4.94. The van der Waals surface area contributed by atoms with Gasteiger partial charge < -0.3 is 10.1 Å². The molecular formula is C17H21NO. The van der Waals surface area contributed by atoms with Crippen LogP contribution in [-0.2, 0) is 0 Å². The van der Waals surface area contributed by atoms with Crippen LogP contribution in [0.4, 0.5) is 5.69 Å². The van der Waals surface area contributed by atoms with Crippen LogP contribution in [0.25, 0.3) is 0 Å². The summed E-state index contributed by atoms with van der Waals surface area (Å²) < 4.78 is 5.78. The van der Waals surface area contributed by atoms with Gasteiger partial charge in [-0.2, -0.15) is 0 Å². The van der Waals surface area contributed by atoms with Gasteiger partial charge in [-0.15, -0.1) is 0 Å². The third-order valence-corrected chi connectivity index (χ3v) is 3.24. The van der Waals surface area contributed by atoms with E-state index in [1.165, 1.54) is 22.4 Å². The van der Waals surface area contributed by atoms with Crippen molar-refractivity contribution in [2.24, 2.45) is 0 Å². The van der Waals surface area contributed by atoms with Crippen molar-refractivity contribution in [3.8, 4) is 5.75 Å². The Morgan fingerprint density at radius 1 is 0.842 bits per heavy atom. The molecule has 1 N–H and O–H groups in total. The van der Waals surface area contributed by atoms with Crippen LogP contribution in [0.3, 0.4) is 0 Å². The highest BCUT2D eigenvalue weighted by Gasteiger charge is 2.01. The van der Waals surface area contributed by atoms with Gasteiger partial charge in [0.05, 0.1) is 0 Å². The Kier molecular flexibility index (Phi) is 4.45. The number of benzene rings is 2. The van der Waals surface area contributed by atoms with Crippen LogP contribution in [-0.4, -0.2) is 13.2 Å².